The van der Waals surface area contributed by atoms with E-state index in [1.165, 1.54) is 74.5 Å². The van der Waals surface area contributed by atoms with E-state index >= 15 is 0 Å². The number of benzene rings is 2. The second kappa shape index (κ2) is 11.7. The van der Waals surface area contributed by atoms with Gasteiger partial charge in [0.05, 0.1) is 40.8 Å². The number of thiazole rings is 2. The highest BCUT2D eigenvalue weighted by Gasteiger charge is 2.51. The van der Waals surface area contributed by atoms with Crippen LogP contribution < -0.4 is 10.6 Å². The number of aromatic nitrogens is 5. The number of methoxy groups -OCH3 is 1. The molecular formula is C37H35N7O3S2. The van der Waals surface area contributed by atoms with Crippen LogP contribution in [0.2, 0.25) is 0 Å². The van der Waals surface area contributed by atoms with Gasteiger partial charge in [-0.15, -0.1) is 0 Å². The molecule has 0 radical (unpaired) electrons. The fraction of sp³-hybridized carbons (Fsp3) is 0.351. The molecule has 6 aromatic rings. The number of amides is 1. The second-order valence-corrected chi connectivity index (χ2v) is 16.1. The third-order valence-corrected chi connectivity index (χ3v) is 12.6. The normalized spacial score (nSPS) is 22.5. The number of hydrogen-bond donors (Lipinski definition) is 2. The SMILES string of the molecule is COC(=O)c1c(-c2cnn(CC34CC5CC(CC(C5)C3)C4)c2C)ccc2nc(Nc3ncc(C(=O)Nc4nc5ccccc5s4)s3)ccc12. The van der Waals surface area contributed by atoms with Crippen molar-refractivity contribution in [2.24, 2.45) is 23.2 Å². The van der Waals surface area contributed by atoms with E-state index in [9.17, 15) is 9.59 Å². The molecule has 0 unspecified atom stereocenters. The fourth-order valence-corrected chi connectivity index (χ4v) is 10.7. The first-order valence-electron chi connectivity index (χ1n) is 16.8. The molecule has 4 aliphatic carbocycles. The van der Waals surface area contributed by atoms with Gasteiger partial charge in [0.1, 0.15) is 10.7 Å². The first kappa shape index (κ1) is 30.4. The van der Waals surface area contributed by atoms with Gasteiger partial charge in [-0.1, -0.05) is 40.9 Å². The quantitative estimate of drug-likeness (QED) is 0.153. The molecule has 12 heteroatoms. The molecule has 49 heavy (non-hydrogen) atoms. The van der Waals surface area contributed by atoms with Crippen LogP contribution in [0.1, 0.15) is 64.2 Å². The van der Waals surface area contributed by atoms with Crippen LogP contribution in [0.3, 0.4) is 0 Å². The van der Waals surface area contributed by atoms with Crippen molar-refractivity contribution in [2.45, 2.75) is 52.0 Å². The average molecular weight is 690 g/mol. The highest BCUT2D eigenvalue weighted by atomic mass is 32.1. The summed E-state index contributed by atoms with van der Waals surface area (Å²) in [4.78, 5) is 40.4. The molecule has 0 spiro atoms. The first-order valence-corrected chi connectivity index (χ1v) is 18.4. The molecule has 4 aromatic heterocycles. The van der Waals surface area contributed by atoms with Crippen molar-refractivity contribution in [1.29, 1.82) is 0 Å². The summed E-state index contributed by atoms with van der Waals surface area (Å²) >= 11 is 2.65. The Balaban J connectivity index is 0.959. The summed E-state index contributed by atoms with van der Waals surface area (Å²) in [6, 6.07) is 15.3. The number of hydrogen-bond acceptors (Lipinski definition) is 10. The van der Waals surface area contributed by atoms with Crippen molar-refractivity contribution in [2.75, 3.05) is 17.7 Å². The van der Waals surface area contributed by atoms with Gasteiger partial charge < -0.3 is 10.1 Å². The molecule has 4 aliphatic rings. The molecule has 0 saturated heterocycles. The van der Waals surface area contributed by atoms with Crippen LogP contribution in [0.4, 0.5) is 16.1 Å². The summed E-state index contributed by atoms with van der Waals surface area (Å²) in [5, 5.41) is 12.7. The molecule has 4 fully saturated rings. The molecule has 2 aromatic carbocycles. The topological polar surface area (TPSA) is 124 Å². The van der Waals surface area contributed by atoms with Gasteiger partial charge in [-0.05, 0) is 98.9 Å². The molecule has 248 valence electrons. The summed E-state index contributed by atoms with van der Waals surface area (Å²) in [6.07, 6.45) is 11.6. The predicted octanol–water partition coefficient (Wildman–Crippen LogP) is 8.47. The zero-order valence-corrected chi connectivity index (χ0v) is 28.9. The Bertz CT molecular complexity index is 2200. The molecule has 4 saturated carbocycles. The first-order chi connectivity index (χ1) is 23.8. The number of carbonyl (C=O) groups is 2. The number of anilines is 3. The lowest BCUT2D eigenvalue weighted by molar-refractivity contribution is -0.0638. The maximum atomic E-state index is 13.3. The Morgan fingerprint density at radius 3 is 2.43 bits per heavy atom. The maximum absolute atomic E-state index is 13.3. The Kier molecular flexibility index (Phi) is 7.27. The van der Waals surface area contributed by atoms with Gasteiger partial charge in [0.2, 0.25) is 0 Å². The summed E-state index contributed by atoms with van der Waals surface area (Å²) in [5.74, 6) is 2.50. The summed E-state index contributed by atoms with van der Waals surface area (Å²) in [6.45, 7) is 3.06. The molecule has 4 bridgehead atoms. The van der Waals surface area contributed by atoms with Gasteiger partial charge in [0.25, 0.3) is 5.91 Å². The van der Waals surface area contributed by atoms with Crippen molar-refractivity contribution >= 4 is 71.8 Å². The molecular weight excluding hydrogens is 655 g/mol. The number of pyridine rings is 1. The summed E-state index contributed by atoms with van der Waals surface area (Å²) < 4.78 is 8.48. The van der Waals surface area contributed by atoms with E-state index in [0.717, 1.165) is 51.3 Å². The lowest BCUT2D eigenvalue weighted by Crippen LogP contribution is -2.48. The van der Waals surface area contributed by atoms with E-state index in [4.69, 9.17) is 14.8 Å². The van der Waals surface area contributed by atoms with Crippen molar-refractivity contribution in [3.05, 3.63) is 77.1 Å². The third-order valence-electron chi connectivity index (χ3n) is 10.8. The van der Waals surface area contributed by atoms with Gasteiger partial charge in [0.15, 0.2) is 10.3 Å². The Labute approximate surface area is 291 Å². The van der Waals surface area contributed by atoms with E-state index < -0.39 is 5.97 Å². The smallest absolute Gasteiger partial charge is 0.339 e. The second-order valence-electron chi connectivity index (χ2n) is 14.1. The minimum atomic E-state index is -0.417. The van der Waals surface area contributed by atoms with Crippen LogP contribution >= 0.6 is 22.7 Å². The largest absolute Gasteiger partial charge is 0.465 e. The number of nitrogens with one attached hydrogen (secondary N) is 2. The minimum absolute atomic E-state index is 0.275. The fourth-order valence-electron chi connectivity index (χ4n) is 9.12. The van der Waals surface area contributed by atoms with Gasteiger partial charge in [-0.2, -0.15) is 5.10 Å². The van der Waals surface area contributed by atoms with E-state index in [1.807, 2.05) is 54.7 Å². The van der Waals surface area contributed by atoms with Gasteiger partial charge in [-0.25, -0.2) is 19.7 Å². The van der Waals surface area contributed by atoms with Crippen LogP contribution in [0.5, 0.6) is 0 Å². The highest BCUT2D eigenvalue weighted by molar-refractivity contribution is 7.22. The molecule has 0 aliphatic heterocycles. The lowest BCUT2D eigenvalue weighted by Gasteiger charge is -2.56. The zero-order valence-electron chi connectivity index (χ0n) is 27.2. The van der Waals surface area contributed by atoms with E-state index in [2.05, 4.69) is 32.2 Å². The number of esters is 1. The molecule has 1 amide bonds. The van der Waals surface area contributed by atoms with E-state index in [1.54, 1.807) is 0 Å². The number of ether oxygens (including phenoxy) is 1. The average Bonchev–Trinajstić information content (AvgIpc) is 3.81. The van der Waals surface area contributed by atoms with E-state index in [0.29, 0.717) is 42.8 Å². The summed E-state index contributed by atoms with van der Waals surface area (Å²) in [5.41, 5.74) is 5.10. The Hall–Kier alpha value is -4.68. The van der Waals surface area contributed by atoms with Crippen LogP contribution in [0.15, 0.2) is 60.9 Å². The van der Waals surface area contributed by atoms with Crippen molar-refractivity contribution in [3.63, 3.8) is 0 Å². The van der Waals surface area contributed by atoms with E-state index in [-0.39, 0.29) is 5.91 Å². The van der Waals surface area contributed by atoms with Gasteiger partial charge >= 0.3 is 5.97 Å². The molecule has 2 N–H and O–H groups in total. The number of rotatable bonds is 8. The molecule has 10 rings (SSSR count). The maximum Gasteiger partial charge on any atom is 0.339 e. The third kappa shape index (κ3) is 5.47. The van der Waals surface area contributed by atoms with Gasteiger partial charge in [-0.3, -0.25) is 14.8 Å². The van der Waals surface area contributed by atoms with Crippen LogP contribution in [0, 0.1) is 30.1 Å². The Morgan fingerprint density at radius 2 is 1.67 bits per heavy atom. The monoisotopic (exact) mass is 689 g/mol. The highest BCUT2D eigenvalue weighted by Crippen LogP contribution is 2.60. The number of para-hydroxylation sites is 1. The van der Waals surface area contributed by atoms with Crippen molar-refractivity contribution < 1.29 is 14.3 Å². The van der Waals surface area contributed by atoms with Gasteiger partial charge in [0, 0.05) is 28.8 Å². The number of nitrogens with zero attached hydrogens (tertiary/aromatic N) is 5. The van der Waals surface area contributed by atoms with Crippen LogP contribution in [0.25, 0.3) is 32.2 Å². The Morgan fingerprint density at radius 1 is 0.898 bits per heavy atom. The number of carbonyl (C=O) groups excluding carboxylic acids is 2. The number of fused-ring (bicyclic) bond motifs is 2. The van der Waals surface area contributed by atoms with Crippen LogP contribution in [-0.2, 0) is 11.3 Å². The van der Waals surface area contributed by atoms with Crippen molar-refractivity contribution in [1.82, 2.24) is 24.7 Å². The zero-order chi connectivity index (χ0) is 33.3. The molecule has 0 atom stereocenters. The standard InChI is InChI=1S/C37H35N7O3S2/c1-20-26(17-39-44(20)19-37-14-21-11-22(15-37)13-23(12-21)16-37)24-7-9-27-25(32(24)34(46)47-2)8-10-31(40-27)42-35-38-18-30(49-35)33(45)43-36-41-28-5-3-4-6-29(28)48-36/h3-10,17-18,21-23H,11-16,19H2,1-2H3,(H,38,40,42)(H,41,43,45). The van der Waals surface area contributed by atoms with Crippen molar-refractivity contribution in [3.8, 4) is 11.1 Å². The van der Waals surface area contributed by atoms with Crippen LogP contribution in [-0.4, -0.2) is 43.7 Å². The molecule has 4 heterocycles. The minimum Gasteiger partial charge on any atom is -0.465 e. The summed E-state index contributed by atoms with van der Waals surface area (Å²) in [7, 11) is 1.41. The lowest BCUT2D eigenvalue weighted by atomic mass is 9.49. The predicted molar refractivity (Wildman–Crippen MR) is 193 cm³/mol. The molecule has 10 nitrogen and oxygen atoms in total.